The molecule has 2 heteroatoms. The Kier molecular flexibility index (Phi) is 3.69. The van der Waals surface area contributed by atoms with Crippen molar-refractivity contribution in [1.29, 1.82) is 0 Å². The molecule has 0 fully saturated rings. The van der Waals surface area contributed by atoms with Crippen LogP contribution in [0.3, 0.4) is 0 Å². The molecule has 1 rings (SSSR count). The zero-order valence-corrected chi connectivity index (χ0v) is 8.91. The van der Waals surface area contributed by atoms with Crippen LogP contribution in [0.4, 0.5) is 0 Å². The van der Waals surface area contributed by atoms with Gasteiger partial charge >= 0.3 is 0 Å². The van der Waals surface area contributed by atoms with Crippen LogP contribution in [0.25, 0.3) is 0 Å². The van der Waals surface area contributed by atoms with Gasteiger partial charge in [0.25, 0.3) is 0 Å². The van der Waals surface area contributed by atoms with Gasteiger partial charge in [-0.05, 0) is 24.0 Å². The minimum absolute atomic E-state index is 0.589. The Bertz CT molecular complexity index is 316. The lowest BCUT2D eigenvalue weighted by Crippen LogP contribution is -1.98. The molecular formula is C12H16O2. The first kappa shape index (κ1) is 10.8. The van der Waals surface area contributed by atoms with Crippen molar-refractivity contribution in [2.45, 2.75) is 20.3 Å². The average molecular weight is 192 g/mol. The van der Waals surface area contributed by atoms with Gasteiger partial charge in [-0.25, -0.2) is 0 Å². The lowest BCUT2D eigenvalue weighted by Gasteiger charge is -2.10. The molecule has 0 aromatic heterocycles. The van der Waals surface area contributed by atoms with Gasteiger partial charge in [0.2, 0.25) is 0 Å². The van der Waals surface area contributed by atoms with E-state index < -0.39 is 0 Å². The largest absolute Gasteiger partial charge is 0.496 e. The fourth-order valence-corrected chi connectivity index (χ4v) is 1.44. The maximum Gasteiger partial charge on any atom is 0.150 e. The summed E-state index contributed by atoms with van der Waals surface area (Å²) in [7, 11) is 1.63. The van der Waals surface area contributed by atoms with Gasteiger partial charge in [0.1, 0.15) is 12.0 Å². The van der Waals surface area contributed by atoms with E-state index in [1.54, 1.807) is 13.2 Å². The van der Waals surface area contributed by atoms with Crippen molar-refractivity contribution in [3.8, 4) is 5.75 Å². The van der Waals surface area contributed by atoms with Gasteiger partial charge < -0.3 is 4.74 Å². The van der Waals surface area contributed by atoms with Crippen molar-refractivity contribution in [1.82, 2.24) is 0 Å². The van der Waals surface area contributed by atoms with E-state index >= 15 is 0 Å². The number of carbonyl (C=O) groups excluding carboxylic acids is 1. The molecule has 0 aliphatic heterocycles. The highest BCUT2D eigenvalue weighted by molar-refractivity contribution is 5.75. The monoisotopic (exact) mass is 192 g/mol. The summed E-state index contributed by atoms with van der Waals surface area (Å²) in [5.74, 6) is 1.40. The summed E-state index contributed by atoms with van der Waals surface area (Å²) in [6.45, 7) is 4.32. The molecular weight excluding hydrogens is 176 g/mol. The molecule has 2 nitrogen and oxygen atoms in total. The molecule has 0 spiro atoms. The van der Waals surface area contributed by atoms with E-state index in [-0.39, 0.29) is 0 Å². The van der Waals surface area contributed by atoms with Crippen molar-refractivity contribution in [2.24, 2.45) is 5.92 Å². The van der Waals surface area contributed by atoms with Crippen LogP contribution < -0.4 is 4.74 Å². The van der Waals surface area contributed by atoms with Crippen LogP contribution in [0.1, 0.15) is 29.8 Å². The Balaban J connectivity index is 2.98. The molecule has 1 aromatic rings. The SMILES string of the molecule is COc1cc(C=O)ccc1CC(C)C. The Morgan fingerprint density at radius 1 is 1.43 bits per heavy atom. The minimum Gasteiger partial charge on any atom is -0.496 e. The number of carbonyl (C=O) groups is 1. The van der Waals surface area contributed by atoms with Gasteiger partial charge in [0, 0.05) is 5.56 Å². The van der Waals surface area contributed by atoms with Gasteiger partial charge in [-0.1, -0.05) is 26.0 Å². The second kappa shape index (κ2) is 4.80. The standard InChI is InChI=1S/C12H16O2/c1-9(2)6-11-5-4-10(8-13)7-12(11)14-3/h4-5,7-9H,6H2,1-3H3. The molecule has 0 saturated heterocycles. The number of hydrogen-bond donors (Lipinski definition) is 0. The van der Waals surface area contributed by atoms with Crippen molar-refractivity contribution in [3.05, 3.63) is 29.3 Å². The maximum atomic E-state index is 10.6. The summed E-state index contributed by atoms with van der Waals surface area (Å²) in [6.07, 6.45) is 1.81. The second-order valence-corrected chi connectivity index (χ2v) is 3.79. The van der Waals surface area contributed by atoms with E-state index in [2.05, 4.69) is 13.8 Å². The predicted molar refractivity (Wildman–Crippen MR) is 56.9 cm³/mol. The van der Waals surface area contributed by atoms with Gasteiger partial charge in [-0.3, -0.25) is 4.79 Å². The van der Waals surface area contributed by atoms with Gasteiger partial charge in [-0.15, -0.1) is 0 Å². The first-order valence-electron chi connectivity index (χ1n) is 4.79. The zero-order chi connectivity index (χ0) is 10.6. The summed E-state index contributed by atoms with van der Waals surface area (Å²) >= 11 is 0. The number of hydrogen-bond acceptors (Lipinski definition) is 2. The van der Waals surface area contributed by atoms with E-state index in [0.29, 0.717) is 11.5 Å². The fourth-order valence-electron chi connectivity index (χ4n) is 1.44. The number of rotatable bonds is 4. The lowest BCUT2D eigenvalue weighted by molar-refractivity contribution is 0.112. The molecule has 0 aliphatic rings. The third-order valence-electron chi connectivity index (χ3n) is 2.08. The van der Waals surface area contributed by atoms with Crippen molar-refractivity contribution < 1.29 is 9.53 Å². The first-order valence-corrected chi connectivity index (χ1v) is 4.79. The number of benzene rings is 1. The highest BCUT2D eigenvalue weighted by Crippen LogP contribution is 2.22. The Hall–Kier alpha value is -1.31. The molecule has 0 heterocycles. The highest BCUT2D eigenvalue weighted by atomic mass is 16.5. The van der Waals surface area contributed by atoms with Crippen LogP contribution in [-0.2, 0) is 6.42 Å². The molecule has 0 N–H and O–H groups in total. The van der Waals surface area contributed by atoms with E-state index in [1.807, 2.05) is 12.1 Å². The summed E-state index contributed by atoms with van der Waals surface area (Å²) in [5, 5.41) is 0. The third kappa shape index (κ3) is 2.59. The van der Waals surface area contributed by atoms with Crippen LogP contribution in [0.5, 0.6) is 5.75 Å². The van der Waals surface area contributed by atoms with Crippen molar-refractivity contribution >= 4 is 6.29 Å². The number of methoxy groups -OCH3 is 1. The maximum absolute atomic E-state index is 10.6. The molecule has 0 amide bonds. The van der Waals surface area contributed by atoms with Crippen molar-refractivity contribution in [2.75, 3.05) is 7.11 Å². The van der Waals surface area contributed by atoms with Gasteiger partial charge in [-0.2, -0.15) is 0 Å². The average Bonchev–Trinajstić information content (AvgIpc) is 2.17. The topological polar surface area (TPSA) is 26.3 Å². The van der Waals surface area contributed by atoms with E-state index in [4.69, 9.17) is 4.74 Å². The van der Waals surface area contributed by atoms with Crippen molar-refractivity contribution in [3.63, 3.8) is 0 Å². The molecule has 0 unspecified atom stereocenters. The van der Waals surface area contributed by atoms with Crippen LogP contribution in [0.15, 0.2) is 18.2 Å². The van der Waals surface area contributed by atoms with E-state index in [9.17, 15) is 4.79 Å². The van der Waals surface area contributed by atoms with E-state index in [1.165, 1.54) is 0 Å². The van der Waals surface area contributed by atoms with Crippen LogP contribution in [-0.4, -0.2) is 13.4 Å². The van der Waals surface area contributed by atoms with Gasteiger partial charge in [0.05, 0.1) is 7.11 Å². The number of ether oxygens (including phenoxy) is 1. The molecule has 0 atom stereocenters. The molecule has 0 saturated carbocycles. The lowest BCUT2D eigenvalue weighted by atomic mass is 10.0. The Labute approximate surface area is 84.9 Å². The fraction of sp³-hybridized carbons (Fsp3) is 0.417. The number of aldehydes is 1. The molecule has 1 aromatic carbocycles. The Morgan fingerprint density at radius 2 is 2.14 bits per heavy atom. The normalized spacial score (nSPS) is 10.3. The predicted octanol–water partition coefficient (Wildman–Crippen LogP) is 2.71. The first-order chi connectivity index (χ1) is 6.67. The summed E-state index contributed by atoms with van der Waals surface area (Å²) in [6, 6.07) is 5.57. The smallest absolute Gasteiger partial charge is 0.150 e. The molecule has 0 bridgehead atoms. The molecule has 76 valence electrons. The summed E-state index contributed by atoms with van der Waals surface area (Å²) in [4.78, 5) is 10.6. The minimum atomic E-state index is 0.589. The molecule has 0 radical (unpaired) electrons. The van der Waals surface area contributed by atoms with E-state index in [0.717, 1.165) is 24.0 Å². The quantitative estimate of drug-likeness (QED) is 0.685. The Morgan fingerprint density at radius 3 is 2.64 bits per heavy atom. The summed E-state index contributed by atoms with van der Waals surface area (Å²) < 4.78 is 5.23. The highest BCUT2D eigenvalue weighted by Gasteiger charge is 2.05. The zero-order valence-electron chi connectivity index (χ0n) is 8.91. The molecule has 14 heavy (non-hydrogen) atoms. The van der Waals surface area contributed by atoms with Crippen LogP contribution in [0, 0.1) is 5.92 Å². The summed E-state index contributed by atoms with van der Waals surface area (Å²) in [5.41, 5.74) is 1.82. The third-order valence-corrected chi connectivity index (χ3v) is 2.08. The van der Waals surface area contributed by atoms with Gasteiger partial charge in [0.15, 0.2) is 0 Å². The second-order valence-electron chi connectivity index (χ2n) is 3.79. The van der Waals surface area contributed by atoms with Crippen LogP contribution >= 0.6 is 0 Å². The van der Waals surface area contributed by atoms with Crippen LogP contribution in [0.2, 0.25) is 0 Å². The molecule has 0 aliphatic carbocycles.